The van der Waals surface area contributed by atoms with Gasteiger partial charge in [-0.1, -0.05) is 0 Å². The number of fused-ring (bicyclic) bond motifs is 10. The molecule has 13 fully saturated rings. The molecule has 0 amide bonds. The van der Waals surface area contributed by atoms with Crippen LogP contribution in [-0.4, -0.2) is 94.8 Å². The molecular formula is C46H42O22. The highest BCUT2D eigenvalue weighted by Gasteiger charge is 2.70. The molecule has 7 aliphatic carbocycles. The molecule has 6 heterocycles. The Bertz CT molecular complexity index is 2120. The van der Waals surface area contributed by atoms with E-state index < -0.39 is 107 Å². The van der Waals surface area contributed by atoms with Crippen LogP contribution >= 0.6 is 0 Å². The summed E-state index contributed by atoms with van der Waals surface area (Å²) in [6.45, 7) is 0. The first-order valence-corrected chi connectivity index (χ1v) is 22.9. The van der Waals surface area contributed by atoms with E-state index in [0.717, 1.165) is 12.8 Å². The SMILES string of the molecule is O=C1CC(=O)C2C1C1C(=O)OC(=O)C21.O=C1CC(=O)[C@@H]2C[C@H]3C(=O)OC(=O)[C@H]3C[C@H]12.O=C1OC(=O)C2CC(C3CCC4C(=O)OC(=O)C4C3)CCC12.O=C1OC(=O)[C@H]2C[C@H]3C(=O)OC(=O)[C@@H]3C[C@H]12. The lowest BCUT2D eigenvalue weighted by Gasteiger charge is -2.37. The van der Waals surface area contributed by atoms with E-state index in [-0.39, 0.29) is 108 Å². The zero-order valence-corrected chi connectivity index (χ0v) is 35.9. The molecule has 0 aromatic carbocycles. The van der Waals surface area contributed by atoms with Crippen molar-refractivity contribution in [1.82, 2.24) is 0 Å². The lowest BCUT2D eigenvalue weighted by Crippen LogP contribution is -2.50. The topological polar surface area (TPSA) is 328 Å². The average molecular weight is 947 g/mol. The van der Waals surface area contributed by atoms with Gasteiger partial charge in [-0.25, -0.2) is 0 Å². The smallest absolute Gasteiger partial charge is 0.318 e. The second kappa shape index (κ2) is 16.6. The minimum absolute atomic E-state index is 0.0298. The zero-order chi connectivity index (χ0) is 48.4. The van der Waals surface area contributed by atoms with Gasteiger partial charge >= 0.3 is 71.6 Å². The summed E-state index contributed by atoms with van der Waals surface area (Å²) in [6.07, 6.45) is 5.32. The molecular weight excluding hydrogens is 904 g/mol. The summed E-state index contributed by atoms with van der Waals surface area (Å²) in [5.41, 5.74) is 0. The molecule has 68 heavy (non-hydrogen) atoms. The van der Waals surface area contributed by atoms with Gasteiger partial charge in [0.05, 0.1) is 83.9 Å². The number of rotatable bonds is 1. The molecule has 10 unspecified atom stereocenters. The third-order valence-electron chi connectivity index (χ3n) is 17.0. The van der Waals surface area contributed by atoms with Crippen LogP contribution in [-0.2, 0) is 105 Å². The highest BCUT2D eigenvalue weighted by molar-refractivity contribution is 6.17. The van der Waals surface area contributed by atoms with Crippen LogP contribution in [0.2, 0.25) is 0 Å². The summed E-state index contributed by atoms with van der Waals surface area (Å²) < 4.78 is 27.4. The zero-order valence-electron chi connectivity index (χ0n) is 35.9. The van der Waals surface area contributed by atoms with E-state index >= 15 is 0 Å². The molecule has 13 aliphatic rings. The third kappa shape index (κ3) is 7.26. The van der Waals surface area contributed by atoms with Crippen LogP contribution in [0, 0.1) is 107 Å². The minimum atomic E-state index is -0.661. The van der Waals surface area contributed by atoms with Crippen molar-refractivity contribution in [3.05, 3.63) is 0 Å². The first-order valence-electron chi connectivity index (χ1n) is 22.9. The quantitative estimate of drug-likeness (QED) is 0.183. The van der Waals surface area contributed by atoms with E-state index in [1.54, 1.807) is 0 Å². The van der Waals surface area contributed by atoms with Crippen LogP contribution in [0.3, 0.4) is 0 Å². The van der Waals surface area contributed by atoms with Gasteiger partial charge in [0.2, 0.25) is 0 Å². The highest BCUT2D eigenvalue weighted by atomic mass is 16.6. The van der Waals surface area contributed by atoms with Crippen LogP contribution in [0.4, 0.5) is 0 Å². The molecule has 22 heteroatoms. The third-order valence-corrected chi connectivity index (χ3v) is 17.0. The number of cyclic esters (lactones) is 12. The Labute approximate surface area is 382 Å². The molecule has 0 aromatic heterocycles. The summed E-state index contributed by atoms with van der Waals surface area (Å²) in [6, 6.07) is 0. The Morgan fingerprint density at radius 3 is 0.765 bits per heavy atom. The van der Waals surface area contributed by atoms with Gasteiger partial charge in [0.25, 0.3) is 0 Å². The van der Waals surface area contributed by atoms with Gasteiger partial charge in [0, 0.05) is 23.7 Å². The summed E-state index contributed by atoms with van der Waals surface area (Å²) in [4.78, 5) is 183. The molecule has 0 spiro atoms. The molecule has 0 N–H and O–H groups in total. The average Bonchev–Trinajstić information content (AvgIpc) is 4.13. The van der Waals surface area contributed by atoms with Crippen molar-refractivity contribution in [3.8, 4) is 0 Å². The number of ketones is 4. The Kier molecular flexibility index (Phi) is 11.1. The maximum atomic E-state index is 11.8. The fraction of sp³-hybridized carbons (Fsp3) is 0.652. The number of esters is 12. The van der Waals surface area contributed by atoms with E-state index in [9.17, 15) is 76.7 Å². The monoisotopic (exact) mass is 946 g/mol. The van der Waals surface area contributed by atoms with Crippen LogP contribution in [0.5, 0.6) is 0 Å². The largest absolute Gasteiger partial charge is 0.393 e. The van der Waals surface area contributed by atoms with E-state index in [0.29, 0.717) is 50.4 Å². The number of Topliss-reactive ketones (excluding diaryl/α,β-unsaturated/α-hetero) is 4. The molecule has 6 saturated heterocycles. The number of hydrogen-bond donors (Lipinski definition) is 0. The Balaban J connectivity index is 0.000000107. The molecule has 22 nitrogen and oxygen atoms in total. The molecule has 0 bridgehead atoms. The van der Waals surface area contributed by atoms with E-state index in [1.807, 2.05) is 0 Å². The summed E-state index contributed by atoms with van der Waals surface area (Å²) in [5, 5.41) is 0. The Hall–Kier alpha value is -6.48. The Morgan fingerprint density at radius 2 is 0.456 bits per heavy atom. The van der Waals surface area contributed by atoms with E-state index in [1.165, 1.54) is 0 Å². The number of ether oxygens (including phenoxy) is 6. The first-order chi connectivity index (χ1) is 32.3. The fourth-order valence-corrected chi connectivity index (χ4v) is 13.5. The lowest BCUT2D eigenvalue weighted by molar-refractivity contribution is -0.156. The maximum absolute atomic E-state index is 11.8. The number of carbonyl (C=O) groups is 16. The Morgan fingerprint density at radius 1 is 0.221 bits per heavy atom. The van der Waals surface area contributed by atoms with E-state index in [4.69, 9.17) is 9.47 Å². The standard InChI is InChI=1S/C16H18O6.C11H10O5.C10H8O6.C9H6O5/c17-13-9-3-1-7(5-11(9)15(19)21-13)8-2-4-10-12(6-8)16(20)22-14(10)18;12-8-3-9(13)5-2-7-6(1-4(5)8)10(14)16-11(7)15;11-7-3-1-4-6(10(14)16-8(4)12)2-5(3)9(13)15-7;10-2-1-3(11)5-4(2)6-7(5)9(13)14-8(6)12/h7-12H,1-6H2;4-7H,1-3H2;3-6H,1-2H2;4-7H,1H2/t;4-,5+,6-,7+;3-,4+,5-,6+;. The van der Waals surface area contributed by atoms with Crippen molar-refractivity contribution in [2.75, 3.05) is 0 Å². The van der Waals surface area contributed by atoms with Crippen LogP contribution in [0.15, 0.2) is 0 Å². The summed E-state index contributed by atoms with van der Waals surface area (Å²) in [7, 11) is 0. The van der Waals surface area contributed by atoms with Crippen LogP contribution in [0.25, 0.3) is 0 Å². The first kappa shape index (κ1) is 45.3. The minimum Gasteiger partial charge on any atom is -0.393 e. The molecule has 18 atom stereocenters. The predicted molar refractivity (Wildman–Crippen MR) is 205 cm³/mol. The van der Waals surface area contributed by atoms with Gasteiger partial charge in [-0.3, -0.25) is 76.7 Å². The number of carbonyl (C=O) groups excluding carboxylic acids is 16. The van der Waals surface area contributed by atoms with Gasteiger partial charge < -0.3 is 28.4 Å². The molecule has 0 aromatic rings. The van der Waals surface area contributed by atoms with Crippen LogP contribution in [0.1, 0.15) is 77.0 Å². The van der Waals surface area contributed by atoms with Crippen molar-refractivity contribution in [2.45, 2.75) is 77.0 Å². The molecule has 7 saturated carbocycles. The van der Waals surface area contributed by atoms with Crippen molar-refractivity contribution in [3.63, 3.8) is 0 Å². The molecule has 358 valence electrons. The normalized spacial score (nSPS) is 43.2. The fourth-order valence-electron chi connectivity index (χ4n) is 13.5. The second-order valence-corrected chi connectivity index (χ2v) is 20.1. The van der Waals surface area contributed by atoms with Crippen molar-refractivity contribution < 1.29 is 105 Å². The van der Waals surface area contributed by atoms with E-state index in [2.05, 4.69) is 18.9 Å². The van der Waals surface area contributed by atoms with Crippen molar-refractivity contribution >= 4 is 94.8 Å². The van der Waals surface area contributed by atoms with Crippen LogP contribution < -0.4 is 0 Å². The van der Waals surface area contributed by atoms with Gasteiger partial charge in [-0.15, -0.1) is 0 Å². The van der Waals surface area contributed by atoms with Gasteiger partial charge in [0.15, 0.2) is 0 Å². The number of hydrogen-bond acceptors (Lipinski definition) is 22. The van der Waals surface area contributed by atoms with Gasteiger partial charge in [-0.05, 0) is 76.0 Å². The van der Waals surface area contributed by atoms with Crippen molar-refractivity contribution in [2.24, 2.45) is 107 Å². The van der Waals surface area contributed by atoms with Gasteiger partial charge in [-0.2, -0.15) is 0 Å². The van der Waals surface area contributed by atoms with Crippen molar-refractivity contribution in [1.29, 1.82) is 0 Å². The molecule has 6 aliphatic heterocycles. The summed E-state index contributed by atoms with van der Waals surface area (Å²) >= 11 is 0. The molecule has 0 radical (unpaired) electrons. The van der Waals surface area contributed by atoms with Gasteiger partial charge in [0.1, 0.15) is 23.1 Å². The second-order valence-electron chi connectivity index (χ2n) is 20.1. The molecule has 13 rings (SSSR count). The lowest BCUT2D eigenvalue weighted by atomic mass is 9.59. The highest BCUT2D eigenvalue weighted by Crippen LogP contribution is 2.56. The predicted octanol–water partition coefficient (Wildman–Crippen LogP) is -0.410. The summed E-state index contributed by atoms with van der Waals surface area (Å²) in [5.74, 6) is -13.7. The maximum Gasteiger partial charge on any atom is 0.318 e.